The van der Waals surface area contributed by atoms with Gasteiger partial charge in [-0.3, -0.25) is 14.4 Å². The molecule has 1 atom stereocenters. The highest BCUT2D eigenvalue weighted by molar-refractivity contribution is 9.09. The van der Waals surface area contributed by atoms with E-state index < -0.39 is 0 Å². The zero-order chi connectivity index (χ0) is 12.4. The molecule has 0 N–H and O–H groups in total. The van der Waals surface area contributed by atoms with E-state index in [1.807, 2.05) is 6.92 Å². The molecule has 4 nitrogen and oxygen atoms in total. The summed E-state index contributed by atoms with van der Waals surface area (Å²) in [5.74, 6) is -0.529. The molecule has 0 saturated heterocycles. The van der Waals surface area contributed by atoms with Crippen LogP contribution in [0.1, 0.15) is 27.6 Å². The zero-order valence-electron chi connectivity index (χ0n) is 9.35. The third-order valence-corrected chi connectivity index (χ3v) is 3.61. The first-order chi connectivity index (χ1) is 8.15. The number of hydrogen-bond donors (Lipinski definition) is 0. The predicted molar refractivity (Wildman–Crippen MR) is 65.9 cm³/mol. The van der Waals surface area contributed by atoms with Gasteiger partial charge in [-0.25, -0.2) is 0 Å². The lowest BCUT2D eigenvalue weighted by Gasteiger charge is -2.15. The maximum absolute atomic E-state index is 11.9. The molecule has 0 saturated carbocycles. The van der Waals surface area contributed by atoms with Crippen LogP contribution >= 0.6 is 15.9 Å². The maximum atomic E-state index is 11.9. The van der Waals surface area contributed by atoms with Crippen LogP contribution in [0.15, 0.2) is 24.3 Å². The summed E-state index contributed by atoms with van der Waals surface area (Å²) in [5, 5.41) is 1.61. The topological polar surface area (TPSA) is 46.6 Å². The normalized spacial score (nSPS) is 16.2. The lowest BCUT2D eigenvalue weighted by molar-refractivity contribution is -0.0991. The Bertz CT molecular complexity index is 426. The second kappa shape index (κ2) is 4.98. The number of carbonyl (C=O) groups excluding carboxylic acids is 2. The van der Waals surface area contributed by atoms with Crippen LogP contribution in [0.2, 0.25) is 0 Å². The number of benzene rings is 1. The summed E-state index contributed by atoms with van der Waals surface area (Å²) >= 11 is 3.31. The Balaban J connectivity index is 2.13. The van der Waals surface area contributed by atoms with Crippen LogP contribution in [0, 0.1) is 5.92 Å². The number of alkyl halides is 1. The van der Waals surface area contributed by atoms with Gasteiger partial charge in [0.1, 0.15) is 0 Å². The van der Waals surface area contributed by atoms with Gasteiger partial charge < -0.3 is 0 Å². The summed E-state index contributed by atoms with van der Waals surface area (Å²) in [6.45, 7) is 2.30. The largest absolute Gasteiger partial charge is 0.285 e. The predicted octanol–water partition coefficient (Wildman–Crippen LogP) is 2.25. The Labute approximate surface area is 108 Å². The van der Waals surface area contributed by atoms with Crippen LogP contribution in [-0.4, -0.2) is 28.8 Å². The number of imide groups is 1. The molecule has 90 valence electrons. The SMILES string of the molecule is CC(CBr)CON1C(=O)c2ccccc2C1=O. The highest BCUT2D eigenvalue weighted by Gasteiger charge is 2.36. The van der Waals surface area contributed by atoms with Crippen molar-refractivity contribution in [1.82, 2.24) is 5.06 Å². The smallest absolute Gasteiger partial charge is 0.266 e. The van der Waals surface area contributed by atoms with E-state index in [2.05, 4.69) is 15.9 Å². The molecule has 0 fully saturated rings. The summed E-state index contributed by atoms with van der Waals surface area (Å²) in [6.07, 6.45) is 0. The van der Waals surface area contributed by atoms with E-state index in [1.54, 1.807) is 24.3 Å². The number of amides is 2. The van der Waals surface area contributed by atoms with E-state index in [4.69, 9.17) is 4.84 Å². The lowest BCUT2D eigenvalue weighted by atomic mass is 10.1. The van der Waals surface area contributed by atoms with Crippen LogP contribution in [0.25, 0.3) is 0 Å². The quantitative estimate of drug-likeness (QED) is 0.632. The second-order valence-electron chi connectivity index (χ2n) is 4.01. The van der Waals surface area contributed by atoms with Crippen LogP contribution in [0.3, 0.4) is 0 Å². The van der Waals surface area contributed by atoms with Crippen LogP contribution < -0.4 is 0 Å². The molecule has 0 bridgehead atoms. The molecule has 0 aliphatic carbocycles. The van der Waals surface area contributed by atoms with Crippen molar-refractivity contribution < 1.29 is 14.4 Å². The molecule has 1 unspecified atom stereocenters. The highest BCUT2D eigenvalue weighted by atomic mass is 79.9. The Morgan fingerprint density at radius 1 is 1.24 bits per heavy atom. The first-order valence-corrected chi connectivity index (χ1v) is 6.44. The third kappa shape index (κ3) is 2.25. The molecule has 5 heteroatoms. The van der Waals surface area contributed by atoms with Crippen LogP contribution in [-0.2, 0) is 4.84 Å². The maximum Gasteiger partial charge on any atom is 0.285 e. The van der Waals surface area contributed by atoms with Crippen molar-refractivity contribution in [3.8, 4) is 0 Å². The molecule has 17 heavy (non-hydrogen) atoms. The van der Waals surface area contributed by atoms with Gasteiger partial charge in [0.05, 0.1) is 17.7 Å². The Morgan fingerprint density at radius 2 is 1.76 bits per heavy atom. The van der Waals surface area contributed by atoms with Crippen molar-refractivity contribution in [3.05, 3.63) is 35.4 Å². The number of halogens is 1. The summed E-state index contributed by atoms with van der Waals surface area (Å²) < 4.78 is 0. The molecule has 0 radical (unpaired) electrons. The number of nitrogens with zero attached hydrogens (tertiary/aromatic N) is 1. The minimum absolute atomic E-state index is 0.235. The number of rotatable bonds is 4. The van der Waals surface area contributed by atoms with Gasteiger partial charge in [-0.05, 0) is 18.1 Å². The number of hydrogen-bond acceptors (Lipinski definition) is 3. The van der Waals surface area contributed by atoms with Gasteiger partial charge in [0.25, 0.3) is 11.8 Å². The minimum atomic E-state index is -0.382. The van der Waals surface area contributed by atoms with Gasteiger partial charge in [-0.1, -0.05) is 35.0 Å². The average Bonchev–Trinajstić information content (AvgIpc) is 2.60. The van der Waals surface area contributed by atoms with Crippen molar-refractivity contribution >= 4 is 27.7 Å². The number of fused-ring (bicyclic) bond motifs is 1. The fourth-order valence-electron chi connectivity index (χ4n) is 1.53. The van der Waals surface area contributed by atoms with Crippen molar-refractivity contribution in [2.75, 3.05) is 11.9 Å². The average molecular weight is 298 g/mol. The van der Waals surface area contributed by atoms with E-state index in [9.17, 15) is 9.59 Å². The Kier molecular flexibility index (Phi) is 3.59. The molecule has 1 aromatic carbocycles. The fourth-order valence-corrected chi connectivity index (χ4v) is 1.72. The fraction of sp³-hybridized carbons (Fsp3) is 0.333. The van der Waals surface area contributed by atoms with Crippen molar-refractivity contribution in [2.45, 2.75) is 6.92 Å². The van der Waals surface area contributed by atoms with Gasteiger partial charge in [0.15, 0.2) is 0 Å². The number of hydroxylamine groups is 2. The minimum Gasteiger partial charge on any atom is -0.266 e. The summed E-state index contributed by atoms with van der Waals surface area (Å²) in [4.78, 5) is 29.0. The highest BCUT2D eigenvalue weighted by Crippen LogP contribution is 2.22. The van der Waals surface area contributed by atoms with Crippen molar-refractivity contribution in [2.24, 2.45) is 5.92 Å². The zero-order valence-corrected chi connectivity index (χ0v) is 10.9. The van der Waals surface area contributed by atoms with E-state index in [0.717, 1.165) is 10.4 Å². The molecule has 1 aliphatic rings. The van der Waals surface area contributed by atoms with E-state index in [-0.39, 0.29) is 17.7 Å². The first-order valence-electron chi connectivity index (χ1n) is 5.32. The molecular weight excluding hydrogens is 286 g/mol. The molecule has 1 aromatic rings. The number of carbonyl (C=O) groups is 2. The monoisotopic (exact) mass is 297 g/mol. The summed E-state index contributed by atoms with van der Waals surface area (Å²) in [6, 6.07) is 6.73. The van der Waals surface area contributed by atoms with E-state index >= 15 is 0 Å². The lowest BCUT2D eigenvalue weighted by Crippen LogP contribution is -2.31. The summed E-state index contributed by atoms with van der Waals surface area (Å²) in [5.41, 5.74) is 0.813. The standard InChI is InChI=1S/C12H12BrNO3/c1-8(6-13)7-17-14-11(15)9-4-2-3-5-10(9)12(14)16/h2-5,8H,6-7H2,1H3. The van der Waals surface area contributed by atoms with Crippen molar-refractivity contribution in [3.63, 3.8) is 0 Å². The molecule has 2 rings (SSSR count). The van der Waals surface area contributed by atoms with Gasteiger partial charge in [0, 0.05) is 5.33 Å². The van der Waals surface area contributed by atoms with E-state index in [0.29, 0.717) is 17.7 Å². The first kappa shape index (κ1) is 12.3. The van der Waals surface area contributed by atoms with Gasteiger partial charge in [0.2, 0.25) is 0 Å². The molecular formula is C12H12BrNO3. The molecule has 0 aromatic heterocycles. The molecule has 1 heterocycles. The molecule has 1 aliphatic heterocycles. The van der Waals surface area contributed by atoms with E-state index in [1.165, 1.54) is 0 Å². The molecule has 0 spiro atoms. The summed E-state index contributed by atoms with van der Waals surface area (Å²) in [7, 11) is 0. The van der Waals surface area contributed by atoms with Crippen LogP contribution in [0.5, 0.6) is 0 Å². The Morgan fingerprint density at radius 3 is 2.24 bits per heavy atom. The second-order valence-corrected chi connectivity index (χ2v) is 4.65. The van der Waals surface area contributed by atoms with Gasteiger partial charge >= 0.3 is 0 Å². The van der Waals surface area contributed by atoms with Crippen molar-refractivity contribution in [1.29, 1.82) is 0 Å². The van der Waals surface area contributed by atoms with Gasteiger partial charge in [-0.15, -0.1) is 5.06 Å². The molecule has 2 amide bonds. The van der Waals surface area contributed by atoms with Crippen LogP contribution in [0.4, 0.5) is 0 Å². The Hall–Kier alpha value is -1.20. The van der Waals surface area contributed by atoms with Gasteiger partial charge in [-0.2, -0.15) is 0 Å². The third-order valence-electron chi connectivity index (χ3n) is 2.51.